The highest BCUT2D eigenvalue weighted by molar-refractivity contribution is 5.70. The molecule has 0 aliphatic rings. The third kappa shape index (κ3) is 36.4. The van der Waals surface area contributed by atoms with Crippen LogP contribution < -0.4 is 0 Å². The molecule has 0 saturated carbocycles. The van der Waals surface area contributed by atoms with E-state index in [9.17, 15) is 14.7 Å². The summed E-state index contributed by atoms with van der Waals surface area (Å²) in [5.74, 6) is -0.658. The molecular weight excluding hydrogens is 596 g/mol. The van der Waals surface area contributed by atoms with Gasteiger partial charge in [0.1, 0.15) is 6.61 Å². The Kier molecular flexibility index (Phi) is 37.1. The molecule has 0 aromatic rings. The van der Waals surface area contributed by atoms with Crippen LogP contribution in [0, 0.1) is 0 Å². The first-order valence-electron chi connectivity index (χ1n) is 19.8. The van der Waals surface area contributed by atoms with E-state index in [2.05, 4.69) is 74.6 Å². The molecule has 0 aromatic carbocycles. The molecule has 0 rings (SSSR count). The summed E-state index contributed by atoms with van der Waals surface area (Å²) in [6.07, 6.45) is 50.0. The highest BCUT2D eigenvalue weighted by atomic mass is 16.6. The van der Waals surface area contributed by atoms with Gasteiger partial charge in [0.25, 0.3) is 0 Å². The molecule has 1 atom stereocenters. The van der Waals surface area contributed by atoms with Gasteiger partial charge in [-0.1, -0.05) is 177 Å². The number of allylic oxidation sites excluding steroid dienone is 10. The molecular formula is C43H74O5. The van der Waals surface area contributed by atoms with Crippen molar-refractivity contribution in [3.8, 4) is 0 Å². The zero-order valence-electron chi connectivity index (χ0n) is 31.2. The fourth-order valence-electron chi connectivity index (χ4n) is 5.35. The standard InChI is InChI=1S/C43H74O5/c1-3-5-7-9-11-13-15-17-19-21-23-25-27-29-31-33-35-37-42(45)47-40-41(39-44)48-43(46)38-36-34-32-30-28-26-24-22-20-18-16-14-12-10-8-6-4-2/h6,8,12,14,18,20,24,26,30,32,41,44H,3-5,7,9-11,13,15-17,19,21-23,25,27-29,31,33-40H2,1-2H3/b8-6-,14-12-,20-18-,26-24-,32-30-/t41-/m0/s1. The molecule has 0 bridgehead atoms. The van der Waals surface area contributed by atoms with E-state index in [0.29, 0.717) is 12.8 Å². The van der Waals surface area contributed by atoms with E-state index in [4.69, 9.17) is 9.47 Å². The highest BCUT2D eigenvalue weighted by Gasteiger charge is 2.15. The van der Waals surface area contributed by atoms with Crippen molar-refractivity contribution in [2.75, 3.05) is 13.2 Å². The van der Waals surface area contributed by atoms with Crippen LogP contribution in [0.3, 0.4) is 0 Å². The van der Waals surface area contributed by atoms with E-state index in [0.717, 1.165) is 57.8 Å². The predicted molar refractivity (Wildman–Crippen MR) is 205 cm³/mol. The molecule has 5 heteroatoms. The lowest BCUT2D eigenvalue weighted by Gasteiger charge is -2.15. The molecule has 276 valence electrons. The molecule has 0 aliphatic heterocycles. The Balaban J connectivity index is 3.64. The summed E-state index contributed by atoms with van der Waals surface area (Å²) in [5.41, 5.74) is 0. The van der Waals surface area contributed by atoms with Crippen LogP contribution in [0.4, 0.5) is 0 Å². The predicted octanol–water partition coefficient (Wildman–Crippen LogP) is 12.4. The van der Waals surface area contributed by atoms with Gasteiger partial charge in [0.2, 0.25) is 0 Å². The number of unbranched alkanes of at least 4 members (excludes halogenated alkanes) is 17. The van der Waals surface area contributed by atoms with E-state index in [1.807, 2.05) is 0 Å². The zero-order chi connectivity index (χ0) is 35.0. The van der Waals surface area contributed by atoms with Crippen LogP contribution in [0.15, 0.2) is 60.8 Å². The van der Waals surface area contributed by atoms with Crippen molar-refractivity contribution in [3.05, 3.63) is 60.8 Å². The third-order valence-corrected chi connectivity index (χ3v) is 8.33. The molecule has 0 amide bonds. The second-order valence-corrected chi connectivity index (χ2v) is 13.0. The van der Waals surface area contributed by atoms with Crippen molar-refractivity contribution in [1.82, 2.24) is 0 Å². The van der Waals surface area contributed by atoms with Crippen LogP contribution in [0.1, 0.15) is 181 Å². The van der Waals surface area contributed by atoms with Crippen LogP contribution in [-0.2, 0) is 19.1 Å². The molecule has 0 fully saturated rings. The Morgan fingerprint density at radius 1 is 0.500 bits per heavy atom. The van der Waals surface area contributed by atoms with Crippen LogP contribution in [-0.4, -0.2) is 36.4 Å². The monoisotopic (exact) mass is 671 g/mol. The summed E-state index contributed by atoms with van der Waals surface area (Å²) in [6.45, 7) is 3.98. The number of hydrogen-bond acceptors (Lipinski definition) is 5. The van der Waals surface area contributed by atoms with Crippen molar-refractivity contribution < 1.29 is 24.2 Å². The van der Waals surface area contributed by atoms with E-state index in [1.165, 1.54) is 89.9 Å². The summed E-state index contributed by atoms with van der Waals surface area (Å²) in [4.78, 5) is 24.2. The Morgan fingerprint density at radius 3 is 1.33 bits per heavy atom. The minimum Gasteiger partial charge on any atom is -0.462 e. The lowest BCUT2D eigenvalue weighted by Crippen LogP contribution is -2.28. The molecule has 5 nitrogen and oxygen atoms in total. The molecule has 48 heavy (non-hydrogen) atoms. The van der Waals surface area contributed by atoms with Gasteiger partial charge >= 0.3 is 11.9 Å². The number of esters is 2. The smallest absolute Gasteiger partial charge is 0.306 e. The summed E-state index contributed by atoms with van der Waals surface area (Å²) in [5, 5.41) is 9.54. The van der Waals surface area contributed by atoms with Gasteiger partial charge in [-0.05, 0) is 51.4 Å². The van der Waals surface area contributed by atoms with E-state index in [-0.39, 0.29) is 31.6 Å². The fraction of sp³-hybridized carbons (Fsp3) is 0.721. The van der Waals surface area contributed by atoms with Gasteiger partial charge in [-0.3, -0.25) is 9.59 Å². The van der Waals surface area contributed by atoms with Crippen LogP contribution in [0.5, 0.6) is 0 Å². The highest BCUT2D eigenvalue weighted by Crippen LogP contribution is 2.14. The fourth-order valence-corrected chi connectivity index (χ4v) is 5.35. The normalized spacial score (nSPS) is 12.8. The Morgan fingerprint density at radius 2 is 0.896 bits per heavy atom. The molecule has 0 aliphatic carbocycles. The Hall–Kier alpha value is -2.40. The zero-order valence-corrected chi connectivity index (χ0v) is 31.2. The number of aliphatic hydroxyl groups excluding tert-OH is 1. The lowest BCUT2D eigenvalue weighted by molar-refractivity contribution is -0.161. The Labute approximate surface area is 296 Å². The second kappa shape index (κ2) is 39.0. The minimum atomic E-state index is -0.800. The number of ether oxygens (including phenoxy) is 2. The van der Waals surface area contributed by atoms with Gasteiger partial charge in [-0.2, -0.15) is 0 Å². The molecule has 1 N–H and O–H groups in total. The van der Waals surface area contributed by atoms with Gasteiger partial charge in [0.15, 0.2) is 6.10 Å². The van der Waals surface area contributed by atoms with E-state index in [1.54, 1.807) is 0 Å². The number of rotatable bonds is 35. The molecule has 0 spiro atoms. The minimum absolute atomic E-state index is 0.0885. The summed E-state index contributed by atoms with van der Waals surface area (Å²) in [7, 11) is 0. The van der Waals surface area contributed by atoms with Crippen molar-refractivity contribution in [2.45, 2.75) is 187 Å². The van der Waals surface area contributed by atoms with Gasteiger partial charge in [0, 0.05) is 12.8 Å². The molecule has 0 aromatic heterocycles. The van der Waals surface area contributed by atoms with E-state index >= 15 is 0 Å². The topological polar surface area (TPSA) is 72.8 Å². The van der Waals surface area contributed by atoms with Gasteiger partial charge in [-0.25, -0.2) is 0 Å². The maximum atomic E-state index is 12.1. The van der Waals surface area contributed by atoms with Crippen molar-refractivity contribution in [2.24, 2.45) is 0 Å². The Bertz CT molecular complexity index is 853. The van der Waals surface area contributed by atoms with Gasteiger partial charge in [0.05, 0.1) is 6.61 Å². The summed E-state index contributed by atoms with van der Waals surface area (Å²) >= 11 is 0. The first kappa shape index (κ1) is 45.6. The van der Waals surface area contributed by atoms with Crippen molar-refractivity contribution in [3.63, 3.8) is 0 Å². The van der Waals surface area contributed by atoms with Gasteiger partial charge < -0.3 is 14.6 Å². The number of hydrogen-bond donors (Lipinski definition) is 1. The second-order valence-electron chi connectivity index (χ2n) is 13.0. The van der Waals surface area contributed by atoms with Gasteiger partial charge in [-0.15, -0.1) is 0 Å². The van der Waals surface area contributed by atoms with Crippen LogP contribution in [0.25, 0.3) is 0 Å². The van der Waals surface area contributed by atoms with Crippen LogP contribution >= 0.6 is 0 Å². The summed E-state index contributed by atoms with van der Waals surface area (Å²) in [6, 6.07) is 0. The van der Waals surface area contributed by atoms with E-state index < -0.39 is 6.10 Å². The molecule has 0 unspecified atom stereocenters. The SMILES string of the molecule is CC/C=C\C/C=C\C/C=C\C/C=C\C/C=C\CCCC(=O)O[C@@H](CO)COC(=O)CCCCCCCCCCCCCCCCCCC. The average molecular weight is 671 g/mol. The first-order valence-corrected chi connectivity index (χ1v) is 19.8. The molecule has 0 saturated heterocycles. The third-order valence-electron chi connectivity index (χ3n) is 8.33. The lowest BCUT2D eigenvalue weighted by atomic mass is 10.0. The first-order chi connectivity index (χ1) is 23.6. The molecule has 0 radical (unpaired) electrons. The van der Waals surface area contributed by atoms with Crippen molar-refractivity contribution >= 4 is 11.9 Å². The quantitative estimate of drug-likeness (QED) is 0.0413. The maximum Gasteiger partial charge on any atom is 0.306 e. The number of carbonyl (C=O) groups excluding carboxylic acids is 2. The maximum absolute atomic E-state index is 12.1. The molecule has 0 heterocycles. The summed E-state index contributed by atoms with van der Waals surface area (Å²) < 4.78 is 10.6. The average Bonchev–Trinajstić information content (AvgIpc) is 3.09. The van der Waals surface area contributed by atoms with Crippen LogP contribution in [0.2, 0.25) is 0 Å². The largest absolute Gasteiger partial charge is 0.462 e. The number of aliphatic hydroxyl groups is 1. The number of carbonyl (C=O) groups is 2. The van der Waals surface area contributed by atoms with Crippen molar-refractivity contribution in [1.29, 1.82) is 0 Å².